The molecule has 0 heterocycles. The van der Waals surface area contributed by atoms with E-state index in [0.29, 0.717) is 5.56 Å². The van der Waals surface area contributed by atoms with E-state index in [2.05, 4.69) is 13.2 Å². The largest absolute Gasteiger partial charge is 0.491 e. The molecule has 0 fully saturated rings. The number of hydrogen-bond donors (Lipinski definition) is 0. The van der Waals surface area contributed by atoms with Crippen molar-refractivity contribution in [3.63, 3.8) is 0 Å². The van der Waals surface area contributed by atoms with Crippen molar-refractivity contribution in [1.29, 1.82) is 0 Å². The lowest BCUT2D eigenvalue weighted by Gasteiger charge is -2.11. The highest BCUT2D eigenvalue weighted by atomic mass is 19.2. The topological polar surface area (TPSA) is 9.23 Å². The molecule has 0 N–H and O–H groups in total. The Hall–Kier alpha value is -3.01. The first-order chi connectivity index (χ1) is 13.0. The van der Waals surface area contributed by atoms with E-state index in [1.165, 1.54) is 18.2 Å². The molecule has 0 aliphatic rings. The fourth-order valence-corrected chi connectivity index (χ4v) is 2.67. The van der Waals surface area contributed by atoms with E-state index >= 15 is 0 Å². The van der Waals surface area contributed by atoms with Crippen LogP contribution in [0.15, 0.2) is 67.8 Å². The second-order valence-electron chi connectivity index (χ2n) is 5.73. The minimum absolute atomic E-state index is 0.00434. The van der Waals surface area contributed by atoms with Crippen LogP contribution in [0.2, 0.25) is 0 Å². The van der Waals surface area contributed by atoms with Crippen LogP contribution in [0.1, 0.15) is 12.5 Å². The Bertz CT molecular complexity index is 918. The normalized spacial score (nSPS) is 10.1. The molecule has 0 radical (unpaired) electrons. The lowest BCUT2D eigenvalue weighted by Crippen LogP contribution is -1.99. The van der Waals surface area contributed by atoms with Crippen LogP contribution >= 0.6 is 0 Å². The number of ether oxygens (including phenoxy) is 1. The quantitative estimate of drug-likeness (QED) is 0.452. The standard InChI is InChI=1S/C21H17F3O.C2H4/c1-3-25-19-11-10-17(20(23)21(19)24)15-8-9-16(18(22)12-15)14-6-4-13(2)5-7-14;1-2/h4-12H,3H2,1-2H3;1-2H2. The fourth-order valence-electron chi connectivity index (χ4n) is 2.67. The van der Waals surface area contributed by atoms with Gasteiger partial charge in [-0.15, -0.1) is 13.2 Å². The van der Waals surface area contributed by atoms with Crippen LogP contribution < -0.4 is 4.74 Å². The highest BCUT2D eigenvalue weighted by molar-refractivity contribution is 5.72. The zero-order valence-corrected chi connectivity index (χ0v) is 15.4. The summed E-state index contributed by atoms with van der Waals surface area (Å²) in [5.74, 6) is -2.76. The zero-order chi connectivity index (χ0) is 20.0. The Labute approximate surface area is 157 Å². The van der Waals surface area contributed by atoms with E-state index in [9.17, 15) is 13.2 Å². The third-order valence-corrected chi connectivity index (χ3v) is 3.99. The van der Waals surface area contributed by atoms with E-state index in [0.717, 1.165) is 11.1 Å². The minimum Gasteiger partial charge on any atom is -0.491 e. The maximum Gasteiger partial charge on any atom is 0.201 e. The molecule has 0 unspecified atom stereocenters. The van der Waals surface area contributed by atoms with Crippen LogP contribution in [-0.4, -0.2) is 6.61 Å². The van der Waals surface area contributed by atoms with Gasteiger partial charge in [0.1, 0.15) is 5.82 Å². The molecule has 3 aromatic rings. The summed E-state index contributed by atoms with van der Waals surface area (Å²) in [7, 11) is 0. The van der Waals surface area contributed by atoms with E-state index in [1.54, 1.807) is 19.1 Å². The molecule has 0 amide bonds. The predicted octanol–water partition coefficient (Wildman–Crippen LogP) is 6.95. The van der Waals surface area contributed by atoms with Gasteiger partial charge in [0.05, 0.1) is 6.61 Å². The molecule has 0 aromatic heterocycles. The average molecular weight is 370 g/mol. The minimum atomic E-state index is -1.07. The summed E-state index contributed by atoms with van der Waals surface area (Å²) in [4.78, 5) is 0. The molecule has 0 saturated heterocycles. The summed E-state index contributed by atoms with van der Waals surface area (Å²) >= 11 is 0. The van der Waals surface area contributed by atoms with Crippen LogP contribution in [0.4, 0.5) is 13.2 Å². The molecule has 0 spiro atoms. The lowest BCUT2D eigenvalue weighted by atomic mass is 9.98. The first-order valence-corrected chi connectivity index (χ1v) is 8.49. The van der Waals surface area contributed by atoms with E-state index in [-0.39, 0.29) is 23.5 Å². The van der Waals surface area contributed by atoms with Gasteiger partial charge in [-0.3, -0.25) is 0 Å². The van der Waals surface area contributed by atoms with Gasteiger partial charge in [0.25, 0.3) is 0 Å². The second kappa shape index (κ2) is 9.08. The van der Waals surface area contributed by atoms with Crippen LogP contribution in [0.3, 0.4) is 0 Å². The van der Waals surface area contributed by atoms with Gasteiger partial charge in [0.15, 0.2) is 11.6 Å². The third kappa shape index (κ3) is 4.40. The molecule has 1 nitrogen and oxygen atoms in total. The van der Waals surface area contributed by atoms with Gasteiger partial charge in [-0.2, -0.15) is 4.39 Å². The number of aryl methyl sites for hydroxylation is 1. The summed E-state index contributed by atoms with van der Waals surface area (Å²) < 4.78 is 47.9. The zero-order valence-electron chi connectivity index (χ0n) is 15.4. The van der Waals surface area contributed by atoms with Crippen molar-refractivity contribution in [3.8, 4) is 28.0 Å². The smallest absolute Gasteiger partial charge is 0.201 e. The second-order valence-corrected chi connectivity index (χ2v) is 5.73. The molecule has 0 aliphatic heterocycles. The van der Waals surface area contributed by atoms with Crippen LogP contribution in [-0.2, 0) is 0 Å². The molecular weight excluding hydrogens is 349 g/mol. The number of benzene rings is 3. The maximum atomic E-state index is 14.5. The number of hydrogen-bond acceptors (Lipinski definition) is 1. The first-order valence-electron chi connectivity index (χ1n) is 8.49. The summed E-state index contributed by atoms with van der Waals surface area (Å²) in [6.45, 7) is 9.87. The van der Waals surface area contributed by atoms with Crippen molar-refractivity contribution in [1.82, 2.24) is 0 Å². The van der Waals surface area contributed by atoms with E-state index < -0.39 is 17.5 Å². The van der Waals surface area contributed by atoms with E-state index in [1.807, 2.05) is 31.2 Å². The Morgan fingerprint density at radius 2 is 1.37 bits per heavy atom. The molecule has 3 aromatic carbocycles. The molecule has 0 atom stereocenters. The highest BCUT2D eigenvalue weighted by Gasteiger charge is 2.17. The van der Waals surface area contributed by atoms with Gasteiger partial charge in [-0.1, -0.05) is 42.0 Å². The van der Waals surface area contributed by atoms with Crippen LogP contribution in [0, 0.1) is 24.4 Å². The molecule has 3 rings (SSSR count). The van der Waals surface area contributed by atoms with Crippen LogP contribution in [0.5, 0.6) is 5.75 Å². The van der Waals surface area contributed by atoms with Crippen LogP contribution in [0.25, 0.3) is 22.3 Å². The Kier molecular flexibility index (Phi) is 6.83. The SMILES string of the molecule is C=C.CCOc1ccc(-c2ccc(-c3ccc(C)cc3)c(F)c2)c(F)c1F. The molecule has 27 heavy (non-hydrogen) atoms. The molecule has 140 valence electrons. The summed E-state index contributed by atoms with van der Waals surface area (Å²) in [6, 6.07) is 14.5. The third-order valence-electron chi connectivity index (χ3n) is 3.99. The van der Waals surface area contributed by atoms with Gasteiger partial charge in [-0.05, 0) is 43.2 Å². The van der Waals surface area contributed by atoms with Crippen molar-refractivity contribution >= 4 is 0 Å². The van der Waals surface area contributed by atoms with Crippen molar-refractivity contribution in [2.24, 2.45) is 0 Å². The Balaban J connectivity index is 0.00000126. The summed E-state index contributed by atoms with van der Waals surface area (Å²) in [5, 5.41) is 0. The van der Waals surface area contributed by atoms with Gasteiger partial charge in [0, 0.05) is 11.1 Å². The van der Waals surface area contributed by atoms with Crippen molar-refractivity contribution in [2.45, 2.75) is 13.8 Å². The van der Waals surface area contributed by atoms with Crippen molar-refractivity contribution < 1.29 is 17.9 Å². The monoisotopic (exact) mass is 370 g/mol. The molecular formula is C23H21F3O. The molecule has 0 aliphatic carbocycles. The Morgan fingerprint density at radius 1 is 0.778 bits per heavy atom. The number of halogens is 3. The fraction of sp³-hybridized carbons (Fsp3) is 0.130. The summed E-state index contributed by atoms with van der Waals surface area (Å²) in [5.41, 5.74) is 2.49. The van der Waals surface area contributed by atoms with Crippen molar-refractivity contribution in [2.75, 3.05) is 6.61 Å². The Morgan fingerprint density at radius 3 is 1.96 bits per heavy atom. The highest BCUT2D eigenvalue weighted by Crippen LogP contribution is 2.32. The average Bonchev–Trinajstić information content (AvgIpc) is 2.68. The molecule has 0 bridgehead atoms. The number of rotatable bonds is 4. The molecule has 4 heteroatoms. The van der Waals surface area contributed by atoms with E-state index in [4.69, 9.17) is 4.74 Å². The molecule has 0 saturated carbocycles. The summed E-state index contributed by atoms with van der Waals surface area (Å²) in [6.07, 6.45) is 0. The van der Waals surface area contributed by atoms with Gasteiger partial charge < -0.3 is 4.74 Å². The lowest BCUT2D eigenvalue weighted by molar-refractivity contribution is 0.314. The van der Waals surface area contributed by atoms with Crippen molar-refractivity contribution in [3.05, 3.63) is 90.8 Å². The van der Waals surface area contributed by atoms with Gasteiger partial charge >= 0.3 is 0 Å². The first kappa shape index (κ1) is 20.3. The van der Waals surface area contributed by atoms with Gasteiger partial charge in [0.2, 0.25) is 5.82 Å². The maximum absolute atomic E-state index is 14.5. The predicted molar refractivity (Wildman–Crippen MR) is 104 cm³/mol. The van der Waals surface area contributed by atoms with Gasteiger partial charge in [-0.25, -0.2) is 8.78 Å².